The molecule has 1 aromatic carbocycles. The Morgan fingerprint density at radius 2 is 2.27 bits per heavy atom. The maximum absolute atomic E-state index is 13.0. The highest BCUT2D eigenvalue weighted by molar-refractivity contribution is 6.31. The smallest absolute Gasteiger partial charge is 0.123 e. The van der Waals surface area contributed by atoms with E-state index in [9.17, 15) is 4.39 Å². The van der Waals surface area contributed by atoms with Crippen molar-refractivity contribution in [2.75, 3.05) is 6.54 Å². The zero-order valence-electron chi connectivity index (χ0n) is 8.76. The third kappa shape index (κ3) is 3.05. The lowest BCUT2D eigenvalue weighted by Crippen LogP contribution is -2.27. The molecule has 1 unspecified atom stereocenters. The summed E-state index contributed by atoms with van der Waals surface area (Å²) in [4.78, 5) is 0. The van der Waals surface area contributed by atoms with Crippen LogP contribution in [-0.2, 0) is 6.42 Å². The molecule has 0 radical (unpaired) electrons. The highest BCUT2D eigenvalue weighted by Gasteiger charge is 2.20. The molecule has 0 fully saturated rings. The molecule has 1 atom stereocenters. The van der Waals surface area contributed by atoms with Crippen LogP contribution in [0.4, 0.5) is 4.39 Å². The molecule has 0 aliphatic heterocycles. The summed E-state index contributed by atoms with van der Waals surface area (Å²) in [5, 5.41) is 0.568. The zero-order valence-corrected chi connectivity index (χ0v) is 9.52. The van der Waals surface area contributed by atoms with Crippen LogP contribution in [0.1, 0.15) is 12.5 Å². The fourth-order valence-corrected chi connectivity index (χ4v) is 1.53. The fraction of sp³-hybridized carbons (Fsp3) is 0.333. The Morgan fingerprint density at radius 3 is 2.80 bits per heavy atom. The summed E-state index contributed by atoms with van der Waals surface area (Å²) in [5.41, 5.74) is 6.17. The molecular formula is C12H15ClFN. The first-order chi connectivity index (χ1) is 7.00. The number of hydrogen-bond donors (Lipinski definition) is 1. The van der Waals surface area contributed by atoms with Gasteiger partial charge < -0.3 is 5.73 Å². The molecule has 0 bridgehead atoms. The fourth-order valence-electron chi connectivity index (χ4n) is 1.34. The van der Waals surface area contributed by atoms with Crippen LogP contribution in [0.15, 0.2) is 30.9 Å². The van der Waals surface area contributed by atoms with E-state index in [1.165, 1.54) is 12.1 Å². The van der Waals surface area contributed by atoms with Crippen LogP contribution in [0.3, 0.4) is 0 Å². The Hall–Kier alpha value is -0.860. The Morgan fingerprint density at radius 1 is 1.60 bits per heavy atom. The van der Waals surface area contributed by atoms with Gasteiger partial charge in [-0.2, -0.15) is 0 Å². The van der Waals surface area contributed by atoms with Gasteiger partial charge in [-0.15, -0.1) is 6.58 Å². The standard InChI is InChI=1S/C12H15ClFN/c1-3-12(2,8-15)7-9-6-10(14)4-5-11(9)13/h3-6H,1,7-8,15H2,2H3. The van der Waals surface area contributed by atoms with Gasteiger partial charge in [0.05, 0.1) is 0 Å². The van der Waals surface area contributed by atoms with E-state index in [2.05, 4.69) is 6.58 Å². The van der Waals surface area contributed by atoms with Crippen molar-refractivity contribution in [2.24, 2.45) is 11.1 Å². The van der Waals surface area contributed by atoms with Crippen molar-refractivity contribution in [1.29, 1.82) is 0 Å². The Bertz CT molecular complexity index is 365. The van der Waals surface area contributed by atoms with Crippen LogP contribution in [0.5, 0.6) is 0 Å². The van der Waals surface area contributed by atoms with Crippen LogP contribution >= 0.6 is 11.6 Å². The summed E-state index contributed by atoms with van der Waals surface area (Å²) in [7, 11) is 0. The molecule has 2 N–H and O–H groups in total. The van der Waals surface area contributed by atoms with Gasteiger partial charge in [0.25, 0.3) is 0 Å². The Balaban J connectivity index is 2.97. The SMILES string of the molecule is C=CC(C)(CN)Cc1cc(F)ccc1Cl. The van der Waals surface area contributed by atoms with Crippen molar-refractivity contribution in [3.63, 3.8) is 0 Å². The van der Waals surface area contributed by atoms with E-state index in [4.69, 9.17) is 17.3 Å². The summed E-state index contributed by atoms with van der Waals surface area (Å²) < 4.78 is 13.0. The number of nitrogens with two attached hydrogens (primary N) is 1. The maximum atomic E-state index is 13.0. The molecule has 0 aromatic heterocycles. The summed E-state index contributed by atoms with van der Waals surface area (Å²) in [6.07, 6.45) is 2.39. The van der Waals surface area contributed by atoms with Gasteiger partial charge in [-0.25, -0.2) is 4.39 Å². The average Bonchev–Trinajstić information content (AvgIpc) is 2.23. The molecule has 0 amide bonds. The topological polar surface area (TPSA) is 26.0 Å². The zero-order chi connectivity index (χ0) is 11.5. The summed E-state index contributed by atoms with van der Waals surface area (Å²) in [5.74, 6) is -0.280. The van der Waals surface area contributed by atoms with Gasteiger partial charge in [-0.05, 0) is 30.2 Å². The molecule has 82 valence electrons. The van der Waals surface area contributed by atoms with Crippen molar-refractivity contribution in [2.45, 2.75) is 13.3 Å². The lowest BCUT2D eigenvalue weighted by molar-refractivity contribution is 0.438. The van der Waals surface area contributed by atoms with E-state index < -0.39 is 0 Å². The van der Waals surface area contributed by atoms with Crippen LogP contribution < -0.4 is 5.73 Å². The third-order valence-corrected chi connectivity index (χ3v) is 2.93. The van der Waals surface area contributed by atoms with E-state index >= 15 is 0 Å². The molecule has 0 saturated heterocycles. The first-order valence-corrected chi connectivity index (χ1v) is 5.16. The lowest BCUT2D eigenvalue weighted by atomic mass is 9.84. The summed E-state index contributed by atoms with van der Waals surface area (Å²) in [6, 6.07) is 4.35. The largest absolute Gasteiger partial charge is 0.330 e. The third-order valence-electron chi connectivity index (χ3n) is 2.56. The van der Waals surface area contributed by atoms with E-state index in [1.807, 2.05) is 6.92 Å². The van der Waals surface area contributed by atoms with Crippen molar-refractivity contribution in [1.82, 2.24) is 0 Å². The van der Waals surface area contributed by atoms with Gasteiger partial charge >= 0.3 is 0 Å². The van der Waals surface area contributed by atoms with Gasteiger partial charge in [-0.3, -0.25) is 0 Å². The number of hydrogen-bond acceptors (Lipinski definition) is 1. The highest BCUT2D eigenvalue weighted by Crippen LogP contribution is 2.27. The highest BCUT2D eigenvalue weighted by atomic mass is 35.5. The predicted octanol–water partition coefficient (Wildman–Crippen LogP) is 3.17. The van der Waals surface area contributed by atoms with Crippen molar-refractivity contribution < 1.29 is 4.39 Å². The molecule has 0 spiro atoms. The molecule has 3 heteroatoms. The predicted molar refractivity (Wildman–Crippen MR) is 62.5 cm³/mol. The lowest BCUT2D eigenvalue weighted by Gasteiger charge is -2.24. The minimum Gasteiger partial charge on any atom is -0.330 e. The Kier molecular flexibility index (Phi) is 3.89. The quantitative estimate of drug-likeness (QED) is 0.786. The summed E-state index contributed by atoms with van der Waals surface area (Å²) in [6.45, 7) is 6.17. The second kappa shape index (κ2) is 4.77. The van der Waals surface area contributed by atoms with E-state index in [-0.39, 0.29) is 11.2 Å². The van der Waals surface area contributed by atoms with Gasteiger partial charge in [0.1, 0.15) is 5.82 Å². The van der Waals surface area contributed by atoms with Gasteiger partial charge in [0.15, 0.2) is 0 Å². The normalized spacial score (nSPS) is 14.7. The Labute approximate surface area is 94.7 Å². The van der Waals surface area contributed by atoms with E-state index in [0.29, 0.717) is 18.0 Å². The van der Waals surface area contributed by atoms with Gasteiger partial charge in [0, 0.05) is 17.0 Å². The minimum absolute atomic E-state index is 0.239. The second-order valence-corrected chi connectivity index (χ2v) is 4.38. The molecular weight excluding hydrogens is 213 g/mol. The average molecular weight is 228 g/mol. The number of rotatable bonds is 4. The van der Waals surface area contributed by atoms with Crippen molar-refractivity contribution >= 4 is 11.6 Å². The van der Waals surface area contributed by atoms with Crippen LogP contribution in [0.2, 0.25) is 5.02 Å². The second-order valence-electron chi connectivity index (χ2n) is 3.97. The molecule has 0 aliphatic carbocycles. The molecule has 0 saturated carbocycles. The maximum Gasteiger partial charge on any atom is 0.123 e. The van der Waals surface area contributed by atoms with Crippen LogP contribution in [0, 0.1) is 11.2 Å². The number of halogens is 2. The molecule has 15 heavy (non-hydrogen) atoms. The monoisotopic (exact) mass is 227 g/mol. The van der Waals surface area contributed by atoms with Gasteiger partial charge in [0.2, 0.25) is 0 Å². The molecule has 0 aliphatic rings. The number of benzene rings is 1. The molecule has 1 nitrogen and oxygen atoms in total. The minimum atomic E-state index is -0.280. The first kappa shape index (κ1) is 12.2. The van der Waals surface area contributed by atoms with Crippen molar-refractivity contribution in [3.05, 3.63) is 47.3 Å². The van der Waals surface area contributed by atoms with Crippen molar-refractivity contribution in [3.8, 4) is 0 Å². The van der Waals surface area contributed by atoms with Crippen LogP contribution in [-0.4, -0.2) is 6.54 Å². The first-order valence-electron chi connectivity index (χ1n) is 4.78. The molecule has 0 heterocycles. The van der Waals surface area contributed by atoms with E-state index in [0.717, 1.165) is 5.56 Å². The van der Waals surface area contributed by atoms with E-state index in [1.54, 1.807) is 12.1 Å². The van der Waals surface area contributed by atoms with Crippen LogP contribution in [0.25, 0.3) is 0 Å². The molecule has 1 aromatic rings. The molecule has 1 rings (SSSR count). The van der Waals surface area contributed by atoms with Gasteiger partial charge in [-0.1, -0.05) is 24.6 Å². The summed E-state index contributed by atoms with van der Waals surface area (Å²) >= 11 is 5.97.